The first-order valence-corrected chi connectivity index (χ1v) is 8.05. The summed E-state index contributed by atoms with van der Waals surface area (Å²) in [5, 5.41) is 1.83. The highest BCUT2D eigenvalue weighted by molar-refractivity contribution is 7.88. The molecule has 0 aliphatic rings. The van der Waals surface area contributed by atoms with Gasteiger partial charge in [0.15, 0.2) is 0 Å². The maximum atomic E-state index is 11.9. The maximum Gasteiger partial charge on any atom is 0.216 e. The zero-order valence-corrected chi connectivity index (χ0v) is 11.6. The SMILES string of the molecule is Cc1cccc(CS(=O)(=O)NCc2cscn2)c1. The van der Waals surface area contributed by atoms with Gasteiger partial charge in [-0.1, -0.05) is 29.8 Å². The van der Waals surface area contributed by atoms with Crippen LogP contribution in [0.1, 0.15) is 16.8 Å². The summed E-state index contributed by atoms with van der Waals surface area (Å²) in [7, 11) is -3.31. The first-order chi connectivity index (χ1) is 8.55. The molecule has 0 unspecified atom stereocenters. The second-order valence-corrected chi connectivity index (χ2v) is 6.57. The molecular weight excluding hydrogens is 268 g/mol. The lowest BCUT2D eigenvalue weighted by Crippen LogP contribution is -2.24. The van der Waals surface area contributed by atoms with Gasteiger partial charge in [-0.15, -0.1) is 11.3 Å². The monoisotopic (exact) mass is 282 g/mol. The first kappa shape index (κ1) is 13.2. The van der Waals surface area contributed by atoms with E-state index in [1.54, 1.807) is 5.51 Å². The van der Waals surface area contributed by atoms with Crippen molar-refractivity contribution in [1.82, 2.24) is 9.71 Å². The van der Waals surface area contributed by atoms with Gasteiger partial charge in [0.05, 0.1) is 23.5 Å². The third kappa shape index (κ3) is 3.90. The smallest absolute Gasteiger partial charge is 0.216 e. The normalized spacial score (nSPS) is 11.6. The van der Waals surface area contributed by atoms with Gasteiger partial charge in [0.1, 0.15) is 0 Å². The number of sulfonamides is 1. The maximum absolute atomic E-state index is 11.9. The quantitative estimate of drug-likeness (QED) is 0.913. The van der Waals surface area contributed by atoms with E-state index in [4.69, 9.17) is 0 Å². The topological polar surface area (TPSA) is 59.1 Å². The molecule has 1 aromatic carbocycles. The van der Waals surface area contributed by atoms with Gasteiger partial charge in [0.2, 0.25) is 10.0 Å². The number of hydrogen-bond donors (Lipinski definition) is 1. The third-order valence-electron chi connectivity index (χ3n) is 2.40. The van der Waals surface area contributed by atoms with E-state index in [9.17, 15) is 8.42 Å². The Kier molecular flexibility index (Phi) is 4.11. The molecule has 2 rings (SSSR count). The number of benzene rings is 1. The number of rotatable bonds is 5. The Morgan fingerprint density at radius 1 is 1.39 bits per heavy atom. The van der Waals surface area contributed by atoms with Gasteiger partial charge < -0.3 is 0 Å². The summed E-state index contributed by atoms with van der Waals surface area (Å²) < 4.78 is 26.3. The van der Waals surface area contributed by atoms with Crippen LogP contribution in [0.5, 0.6) is 0 Å². The van der Waals surface area contributed by atoms with Crippen molar-refractivity contribution >= 4 is 21.4 Å². The molecular formula is C12H14N2O2S2. The average molecular weight is 282 g/mol. The first-order valence-electron chi connectivity index (χ1n) is 5.45. The van der Waals surface area contributed by atoms with E-state index in [2.05, 4.69) is 9.71 Å². The van der Waals surface area contributed by atoms with Crippen LogP contribution in [-0.2, 0) is 22.3 Å². The average Bonchev–Trinajstić information content (AvgIpc) is 2.78. The fourth-order valence-electron chi connectivity index (χ4n) is 1.58. The molecule has 0 amide bonds. The summed E-state index contributed by atoms with van der Waals surface area (Å²) >= 11 is 1.45. The number of aromatic nitrogens is 1. The molecule has 4 nitrogen and oxygen atoms in total. The zero-order valence-electron chi connectivity index (χ0n) is 9.96. The molecule has 0 bridgehead atoms. The van der Waals surface area contributed by atoms with Gasteiger partial charge in [-0.2, -0.15) is 0 Å². The minimum absolute atomic E-state index is 0.00117. The molecule has 1 N–H and O–H groups in total. The van der Waals surface area contributed by atoms with Crippen LogP contribution < -0.4 is 4.72 Å². The minimum Gasteiger partial charge on any atom is -0.248 e. The lowest BCUT2D eigenvalue weighted by atomic mass is 10.2. The molecule has 96 valence electrons. The molecule has 0 spiro atoms. The number of nitrogens with zero attached hydrogens (tertiary/aromatic N) is 1. The Morgan fingerprint density at radius 3 is 2.89 bits per heavy atom. The molecule has 1 aromatic heterocycles. The van der Waals surface area contributed by atoms with Crippen molar-refractivity contribution in [2.24, 2.45) is 0 Å². The van der Waals surface area contributed by atoms with Crippen LogP contribution in [0, 0.1) is 6.92 Å². The van der Waals surface area contributed by atoms with E-state index in [1.165, 1.54) is 11.3 Å². The highest BCUT2D eigenvalue weighted by atomic mass is 32.2. The summed E-state index contributed by atoms with van der Waals surface area (Å²) in [4.78, 5) is 4.03. The van der Waals surface area contributed by atoms with E-state index in [0.717, 1.165) is 16.8 Å². The van der Waals surface area contributed by atoms with E-state index in [0.29, 0.717) is 0 Å². The fourth-order valence-corrected chi connectivity index (χ4v) is 3.23. The number of aryl methyl sites for hydroxylation is 1. The van der Waals surface area contributed by atoms with Gasteiger partial charge in [-0.25, -0.2) is 18.1 Å². The van der Waals surface area contributed by atoms with Crippen LogP contribution >= 0.6 is 11.3 Å². The molecule has 0 saturated heterocycles. The molecule has 0 saturated carbocycles. The van der Waals surface area contributed by atoms with E-state index in [1.807, 2.05) is 36.6 Å². The van der Waals surface area contributed by atoms with Gasteiger partial charge >= 0.3 is 0 Å². The van der Waals surface area contributed by atoms with Crippen molar-refractivity contribution in [2.45, 2.75) is 19.2 Å². The third-order valence-corrected chi connectivity index (χ3v) is 4.33. The Morgan fingerprint density at radius 2 is 2.22 bits per heavy atom. The number of hydrogen-bond acceptors (Lipinski definition) is 4. The van der Waals surface area contributed by atoms with Gasteiger partial charge in [-0.05, 0) is 12.5 Å². The van der Waals surface area contributed by atoms with E-state index < -0.39 is 10.0 Å². The van der Waals surface area contributed by atoms with Gasteiger partial charge in [0.25, 0.3) is 0 Å². The second kappa shape index (κ2) is 5.60. The van der Waals surface area contributed by atoms with Crippen molar-refractivity contribution in [2.75, 3.05) is 0 Å². The van der Waals surface area contributed by atoms with Crippen LogP contribution in [0.15, 0.2) is 35.2 Å². The Labute approximate surface area is 111 Å². The molecule has 0 atom stereocenters. The zero-order chi connectivity index (χ0) is 13.0. The van der Waals surface area contributed by atoms with Crippen molar-refractivity contribution in [3.05, 3.63) is 52.0 Å². The molecule has 6 heteroatoms. The predicted octanol–water partition coefficient (Wildman–Crippen LogP) is 2.07. The Hall–Kier alpha value is -1.24. The molecule has 0 aliphatic heterocycles. The molecule has 0 fully saturated rings. The van der Waals surface area contributed by atoms with Crippen molar-refractivity contribution < 1.29 is 8.42 Å². The molecule has 1 heterocycles. The molecule has 18 heavy (non-hydrogen) atoms. The van der Waals surface area contributed by atoms with Crippen LogP contribution in [0.25, 0.3) is 0 Å². The Bertz CT molecular complexity index is 607. The van der Waals surface area contributed by atoms with E-state index in [-0.39, 0.29) is 12.3 Å². The fraction of sp³-hybridized carbons (Fsp3) is 0.250. The lowest BCUT2D eigenvalue weighted by molar-refractivity contribution is 0.579. The Balaban J connectivity index is 1.99. The predicted molar refractivity (Wildman–Crippen MR) is 72.8 cm³/mol. The minimum atomic E-state index is -3.31. The van der Waals surface area contributed by atoms with Gasteiger partial charge in [-0.3, -0.25) is 0 Å². The summed E-state index contributed by atoms with van der Waals surface area (Å²) in [6, 6.07) is 7.50. The highest BCUT2D eigenvalue weighted by Gasteiger charge is 2.11. The van der Waals surface area contributed by atoms with Crippen LogP contribution in [-0.4, -0.2) is 13.4 Å². The van der Waals surface area contributed by atoms with Crippen LogP contribution in [0.4, 0.5) is 0 Å². The van der Waals surface area contributed by atoms with Gasteiger partial charge in [0, 0.05) is 5.38 Å². The standard InChI is InChI=1S/C12H14N2O2S2/c1-10-3-2-4-11(5-10)8-18(15,16)14-6-12-7-17-9-13-12/h2-5,7,9,14H,6,8H2,1H3. The summed E-state index contributed by atoms with van der Waals surface area (Å²) in [5.41, 5.74) is 4.28. The number of thiazole rings is 1. The lowest BCUT2D eigenvalue weighted by Gasteiger charge is -2.06. The van der Waals surface area contributed by atoms with Crippen LogP contribution in [0.2, 0.25) is 0 Å². The van der Waals surface area contributed by atoms with Crippen molar-refractivity contribution in [3.8, 4) is 0 Å². The summed E-state index contributed by atoms with van der Waals surface area (Å²) in [6.45, 7) is 2.19. The summed E-state index contributed by atoms with van der Waals surface area (Å²) in [5.74, 6) is -0.00117. The molecule has 0 aliphatic carbocycles. The van der Waals surface area contributed by atoms with Crippen LogP contribution in [0.3, 0.4) is 0 Å². The highest BCUT2D eigenvalue weighted by Crippen LogP contribution is 2.08. The molecule has 2 aromatic rings. The second-order valence-electron chi connectivity index (χ2n) is 4.05. The molecule has 0 radical (unpaired) electrons. The van der Waals surface area contributed by atoms with E-state index >= 15 is 0 Å². The van der Waals surface area contributed by atoms with Crippen molar-refractivity contribution in [1.29, 1.82) is 0 Å². The van der Waals surface area contributed by atoms with Crippen molar-refractivity contribution in [3.63, 3.8) is 0 Å². The summed E-state index contributed by atoms with van der Waals surface area (Å²) in [6.07, 6.45) is 0. The largest absolute Gasteiger partial charge is 0.248 e. The number of nitrogens with one attached hydrogen (secondary N) is 1.